The van der Waals surface area contributed by atoms with E-state index in [1.165, 1.54) is 31.6 Å². The lowest BCUT2D eigenvalue weighted by molar-refractivity contribution is 0.441. The van der Waals surface area contributed by atoms with Gasteiger partial charge < -0.3 is 38.1 Å². The van der Waals surface area contributed by atoms with Crippen LogP contribution in [0.3, 0.4) is 0 Å². The largest absolute Gasteiger partial charge is 0.338 e. The van der Waals surface area contributed by atoms with Gasteiger partial charge in [0.15, 0.2) is 0 Å². The Kier molecular flexibility index (Phi) is 7.95. The third-order valence-electron chi connectivity index (χ3n) is 6.81. The molecule has 40 heavy (non-hydrogen) atoms. The number of hydrogen-bond donors (Lipinski definition) is 5. The van der Waals surface area contributed by atoms with Crippen LogP contribution in [0.4, 0.5) is 29.5 Å². The SMILES string of the molecule is CN(c1ncccn1)S(=O)(=O)c1ccc(Nc2nc(N3CC(N)CC(N)C3)nc(N3CC(N)CC(N)C3)n2)cc1. The Morgan fingerprint density at radius 3 is 1.75 bits per heavy atom. The summed E-state index contributed by atoms with van der Waals surface area (Å²) in [4.78, 5) is 26.0. The number of aromatic nitrogens is 5. The van der Waals surface area contributed by atoms with Crippen molar-refractivity contribution in [3.63, 3.8) is 0 Å². The van der Waals surface area contributed by atoms with Crippen molar-refractivity contribution in [2.24, 2.45) is 22.9 Å². The standard InChI is InChI=1S/C24H35N13O2S/c1-35(22-29-7-2-8-30-22)40(38,39)20-5-3-19(4-6-20)31-21-32-23(36-11-15(25)9-16(26)12-36)34-24(33-21)37-13-17(27)10-18(28)14-37/h2-8,15-18H,9-14,25-28H2,1H3,(H,31,32,33,34). The molecule has 15 nitrogen and oxygen atoms in total. The number of nitrogens with two attached hydrogens (primary N) is 4. The van der Waals surface area contributed by atoms with Crippen molar-refractivity contribution < 1.29 is 8.42 Å². The van der Waals surface area contributed by atoms with Crippen LogP contribution in [-0.4, -0.2) is 90.7 Å². The summed E-state index contributed by atoms with van der Waals surface area (Å²) in [7, 11) is -2.46. The molecule has 0 spiro atoms. The molecular formula is C24H35N13O2S. The maximum Gasteiger partial charge on any atom is 0.266 e. The van der Waals surface area contributed by atoms with Gasteiger partial charge in [0.1, 0.15) is 0 Å². The fourth-order valence-electron chi connectivity index (χ4n) is 4.94. The third kappa shape index (κ3) is 6.20. The number of nitrogens with one attached hydrogen (secondary N) is 1. The van der Waals surface area contributed by atoms with Crippen molar-refractivity contribution in [2.75, 3.05) is 52.6 Å². The predicted octanol–water partition coefficient (Wildman–Crippen LogP) is -1.04. The number of anilines is 5. The van der Waals surface area contributed by atoms with Gasteiger partial charge in [0.05, 0.1) is 4.90 Å². The van der Waals surface area contributed by atoms with Gasteiger partial charge in [-0.3, -0.25) is 0 Å². The first-order chi connectivity index (χ1) is 19.1. The van der Waals surface area contributed by atoms with E-state index < -0.39 is 10.0 Å². The molecule has 4 unspecified atom stereocenters. The van der Waals surface area contributed by atoms with Gasteiger partial charge in [0, 0.05) is 75.5 Å². The second kappa shape index (κ2) is 11.4. The van der Waals surface area contributed by atoms with Crippen LogP contribution < -0.4 is 42.4 Å². The van der Waals surface area contributed by atoms with Gasteiger partial charge in [-0.1, -0.05) is 0 Å². The van der Waals surface area contributed by atoms with Gasteiger partial charge >= 0.3 is 0 Å². The summed E-state index contributed by atoms with van der Waals surface area (Å²) in [5.74, 6) is 1.24. The highest BCUT2D eigenvalue weighted by Crippen LogP contribution is 2.25. The van der Waals surface area contributed by atoms with E-state index in [-0.39, 0.29) is 41.0 Å². The lowest BCUT2D eigenvalue weighted by Crippen LogP contribution is -2.54. The van der Waals surface area contributed by atoms with Gasteiger partial charge in [-0.15, -0.1) is 0 Å². The van der Waals surface area contributed by atoms with Gasteiger partial charge in [-0.05, 0) is 43.2 Å². The van der Waals surface area contributed by atoms with Crippen molar-refractivity contribution in [2.45, 2.75) is 41.9 Å². The van der Waals surface area contributed by atoms with Crippen LogP contribution >= 0.6 is 0 Å². The Morgan fingerprint density at radius 2 is 1.27 bits per heavy atom. The first-order valence-electron chi connectivity index (χ1n) is 13.0. The van der Waals surface area contributed by atoms with Crippen molar-refractivity contribution in [3.05, 3.63) is 42.7 Å². The number of nitrogens with zero attached hydrogens (tertiary/aromatic N) is 8. The normalized spacial score (nSPS) is 23.6. The zero-order chi connectivity index (χ0) is 28.4. The van der Waals surface area contributed by atoms with Gasteiger partial charge in [0.25, 0.3) is 10.0 Å². The molecule has 2 saturated heterocycles. The summed E-state index contributed by atoms with van der Waals surface area (Å²) in [6, 6.07) is 7.44. The Morgan fingerprint density at radius 1 is 0.800 bits per heavy atom. The van der Waals surface area contributed by atoms with Crippen LogP contribution in [0.15, 0.2) is 47.6 Å². The summed E-state index contributed by atoms with van der Waals surface area (Å²) < 4.78 is 27.2. The molecule has 3 aromatic rings. The highest BCUT2D eigenvalue weighted by atomic mass is 32.2. The lowest BCUT2D eigenvalue weighted by atomic mass is 10.0. The Labute approximate surface area is 233 Å². The molecule has 4 atom stereocenters. The van der Waals surface area contributed by atoms with Crippen LogP contribution in [0.2, 0.25) is 0 Å². The molecule has 9 N–H and O–H groups in total. The van der Waals surface area contributed by atoms with E-state index in [2.05, 4.69) is 25.3 Å². The zero-order valence-corrected chi connectivity index (χ0v) is 23.0. The van der Waals surface area contributed by atoms with Crippen molar-refractivity contribution >= 4 is 39.5 Å². The predicted molar refractivity (Wildman–Crippen MR) is 153 cm³/mol. The molecule has 2 aliphatic rings. The average molecular weight is 570 g/mol. The number of sulfonamides is 1. The molecule has 214 valence electrons. The van der Waals surface area contributed by atoms with Crippen molar-refractivity contribution in [1.29, 1.82) is 0 Å². The zero-order valence-electron chi connectivity index (χ0n) is 22.2. The first-order valence-corrected chi connectivity index (χ1v) is 14.4. The van der Waals surface area contributed by atoms with Crippen LogP contribution in [0.5, 0.6) is 0 Å². The van der Waals surface area contributed by atoms with Crippen LogP contribution in [-0.2, 0) is 10.0 Å². The van der Waals surface area contributed by atoms with E-state index in [0.29, 0.717) is 43.8 Å². The highest BCUT2D eigenvalue weighted by Gasteiger charge is 2.29. The van der Waals surface area contributed by atoms with Gasteiger partial charge in [0.2, 0.25) is 23.8 Å². The molecule has 0 bridgehead atoms. The van der Waals surface area contributed by atoms with Crippen molar-refractivity contribution in [1.82, 2.24) is 24.9 Å². The second-order valence-corrected chi connectivity index (χ2v) is 12.2. The molecule has 0 saturated carbocycles. The molecule has 2 aliphatic heterocycles. The number of hydrogen-bond acceptors (Lipinski definition) is 14. The Hall–Kier alpha value is -3.70. The van der Waals surface area contributed by atoms with E-state index in [0.717, 1.165) is 17.1 Å². The minimum atomic E-state index is -3.87. The highest BCUT2D eigenvalue weighted by molar-refractivity contribution is 7.92. The number of benzene rings is 1. The van der Waals surface area contributed by atoms with E-state index in [1.54, 1.807) is 18.2 Å². The molecule has 1 aromatic carbocycles. The molecule has 4 heterocycles. The van der Waals surface area contributed by atoms with Gasteiger partial charge in [-0.2, -0.15) is 15.0 Å². The molecule has 2 aromatic heterocycles. The molecule has 0 aliphatic carbocycles. The van der Waals surface area contributed by atoms with Crippen molar-refractivity contribution in [3.8, 4) is 0 Å². The summed E-state index contributed by atoms with van der Waals surface area (Å²) in [5, 5.41) is 3.17. The van der Waals surface area contributed by atoms with E-state index >= 15 is 0 Å². The average Bonchev–Trinajstić information content (AvgIpc) is 2.92. The summed E-state index contributed by atoms with van der Waals surface area (Å²) in [6.07, 6.45) is 4.40. The fraction of sp³-hybridized carbons (Fsp3) is 0.458. The summed E-state index contributed by atoms with van der Waals surface area (Å²) >= 11 is 0. The maximum absolute atomic E-state index is 13.1. The minimum absolute atomic E-state index is 0.0734. The second-order valence-electron chi connectivity index (χ2n) is 10.3. The van der Waals surface area contributed by atoms with E-state index in [1.807, 2.05) is 9.80 Å². The smallest absolute Gasteiger partial charge is 0.266 e. The molecule has 0 radical (unpaired) electrons. The van der Waals surface area contributed by atoms with E-state index in [4.69, 9.17) is 27.9 Å². The molecule has 5 rings (SSSR count). The Bertz CT molecular complexity index is 1350. The third-order valence-corrected chi connectivity index (χ3v) is 8.56. The quantitative estimate of drug-likeness (QED) is 0.229. The molecular weight excluding hydrogens is 534 g/mol. The molecule has 2 fully saturated rings. The Balaban J connectivity index is 1.42. The maximum atomic E-state index is 13.1. The number of rotatable bonds is 7. The fourth-order valence-corrected chi connectivity index (χ4v) is 6.04. The monoisotopic (exact) mass is 569 g/mol. The molecule has 16 heteroatoms. The van der Waals surface area contributed by atoms with Crippen LogP contribution in [0.1, 0.15) is 12.8 Å². The number of piperidine rings is 2. The lowest BCUT2D eigenvalue weighted by Gasteiger charge is -2.37. The minimum Gasteiger partial charge on any atom is -0.338 e. The first kappa shape index (κ1) is 27.9. The summed E-state index contributed by atoms with van der Waals surface area (Å²) in [6.45, 7) is 2.23. The summed E-state index contributed by atoms with van der Waals surface area (Å²) in [5.41, 5.74) is 25.5. The van der Waals surface area contributed by atoms with Gasteiger partial charge in [-0.25, -0.2) is 22.7 Å². The topological polar surface area (TPSA) is 224 Å². The van der Waals surface area contributed by atoms with E-state index in [9.17, 15) is 8.42 Å². The van der Waals surface area contributed by atoms with Crippen LogP contribution in [0.25, 0.3) is 0 Å². The molecule has 0 amide bonds. The van der Waals surface area contributed by atoms with Crippen LogP contribution in [0, 0.1) is 0 Å².